The molecule has 4 aromatic rings. The van der Waals surface area contributed by atoms with Gasteiger partial charge in [-0.3, -0.25) is 19.3 Å². The molecule has 0 radical (unpaired) electrons. The Balaban J connectivity index is 1.73. The second-order valence-electron chi connectivity index (χ2n) is 8.06. The summed E-state index contributed by atoms with van der Waals surface area (Å²) in [6, 6.07) is 11.1. The number of methoxy groups -OCH3 is 3. The molecule has 36 heavy (non-hydrogen) atoms. The Morgan fingerprint density at radius 1 is 0.889 bits per heavy atom. The lowest BCUT2D eigenvalue weighted by molar-refractivity contribution is 0.391. The third kappa shape index (κ3) is 5.20. The molecular formula is C25H29N7O3S. The summed E-state index contributed by atoms with van der Waals surface area (Å²) < 4.78 is 21.9. The van der Waals surface area contributed by atoms with E-state index < -0.39 is 0 Å². The quantitative estimate of drug-likeness (QED) is 0.303. The van der Waals surface area contributed by atoms with Crippen LogP contribution in [0.2, 0.25) is 0 Å². The molecule has 0 saturated carbocycles. The minimum Gasteiger partial charge on any atom is -0.494 e. The van der Waals surface area contributed by atoms with E-state index in [-0.39, 0.29) is 11.2 Å². The lowest BCUT2D eigenvalue weighted by Gasteiger charge is -2.20. The Morgan fingerprint density at radius 2 is 1.61 bits per heavy atom. The van der Waals surface area contributed by atoms with Crippen LogP contribution in [0.3, 0.4) is 0 Å². The highest BCUT2D eigenvalue weighted by Gasteiger charge is 2.25. The molecule has 0 fully saturated rings. The second-order valence-corrected chi connectivity index (χ2v) is 9.24. The molecule has 0 aliphatic carbocycles. The third-order valence-electron chi connectivity index (χ3n) is 5.76. The van der Waals surface area contributed by atoms with Crippen LogP contribution in [0, 0.1) is 6.92 Å². The van der Waals surface area contributed by atoms with Crippen molar-refractivity contribution >= 4 is 17.9 Å². The zero-order valence-corrected chi connectivity index (χ0v) is 21.9. The van der Waals surface area contributed by atoms with Gasteiger partial charge in [0, 0.05) is 29.6 Å². The van der Waals surface area contributed by atoms with Gasteiger partial charge in [0.1, 0.15) is 22.9 Å². The highest BCUT2D eigenvalue weighted by atomic mass is 32.2. The smallest absolute Gasteiger partial charge is 0.239 e. The number of rotatable bonds is 10. The van der Waals surface area contributed by atoms with Gasteiger partial charge < -0.3 is 14.2 Å². The summed E-state index contributed by atoms with van der Waals surface area (Å²) in [6.45, 7) is 6.17. The van der Waals surface area contributed by atoms with Crippen LogP contribution < -0.4 is 18.9 Å². The first kappa shape index (κ1) is 25.2. The van der Waals surface area contributed by atoms with E-state index in [1.807, 2.05) is 48.0 Å². The number of ether oxygens (including phenoxy) is 3. The Labute approximate surface area is 214 Å². The van der Waals surface area contributed by atoms with Gasteiger partial charge >= 0.3 is 0 Å². The van der Waals surface area contributed by atoms with Crippen molar-refractivity contribution in [2.45, 2.75) is 31.9 Å². The van der Waals surface area contributed by atoms with Gasteiger partial charge in [0.2, 0.25) is 11.8 Å². The maximum atomic E-state index is 5.68. The van der Waals surface area contributed by atoms with Crippen molar-refractivity contribution in [2.24, 2.45) is 0 Å². The fourth-order valence-electron chi connectivity index (χ4n) is 3.56. The first-order valence-electron chi connectivity index (χ1n) is 11.3. The van der Waals surface area contributed by atoms with Crippen LogP contribution in [0.1, 0.15) is 31.2 Å². The van der Waals surface area contributed by atoms with Crippen molar-refractivity contribution in [1.82, 2.24) is 29.7 Å². The van der Waals surface area contributed by atoms with Crippen LogP contribution in [0.25, 0.3) is 17.2 Å². The molecule has 10 nitrogen and oxygen atoms in total. The molecule has 0 bridgehead atoms. The Kier molecular flexibility index (Phi) is 7.89. The number of aryl methyl sites for hydroxylation is 1. The number of pyridine rings is 1. The number of nitrogens with one attached hydrogen (secondary N) is 1. The average Bonchev–Trinajstić information content (AvgIpc) is 3.34. The SMILES string of the molecule is COc1cccc(-c2nnc(NSC(C)C(C)c3cnc(C)cn3)n2-c2c(OC)cccc2OC)n1. The van der Waals surface area contributed by atoms with Gasteiger partial charge in [-0.2, -0.15) is 0 Å². The van der Waals surface area contributed by atoms with Gasteiger partial charge in [-0.15, -0.1) is 10.2 Å². The molecular weight excluding hydrogens is 478 g/mol. The maximum absolute atomic E-state index is 5.68. The number of aromatic nitrogens is 6. The molecule has 0 aliphatic heterocycles. The molecule has 0 spiro atoms. The lowest BCUT2D eigenvalue weighted by atomic mass is 10.1. The van der Waals surface area contributed by atoms with Crippen LogP contribution >= 0.6 is 11.9 Å². The Morgan fingerprint density at radius 3 is 2.25 bits per heavy atom. The Hall–Kier alpha value is -3.86. The number of nitrogens with zero attached hydrogens (tertiary/aromatic N) is 6. The number of anilines is 1. The highest BCUT2D eigenvalue weighted by molar-refractivity contribution is 8.01. The van der Waals surface area contributed by atoms with E-state index in [2.05, 4.69) is 43.7 Å². The fraction of sp³-hybridized carbons (Fsp3) is 0.320. The first-order valence-corrected chi connectivity index (χ1v) is 12.2. The highest BCUT2D eigenvalue weighted by Crippen LogP contribution is 2.38. The monoisotopic (exact) mass is 507 g/mol. The van der Waals surface area contributed by atoms with Gasteiger partial charge in [0.25, 0.3) is 0 Å². The zero-order valence-electron chi connectivity index (χ0n) is 21.1. The van der Waals surface area contributed by atoms with Crippen LogP contribution in [0.5, 0.6) is 17.4 Å². The number of hydrogen-bond acceptors (Lipinski definition) is 10. The van der Waals surface area contributed by atoms with Crippen molar-refractivity contribution in [2.75, 3.05) is 26.1 Å². The predicted molar refractivity (Wildman–Crippen MR) is 140 cm³/mol. The van der Waals surface area contributed by atoms with Gasteiger partial charge in [-0.05, 0) is 37.1 Å². The molecule has 0 aliphatic rings. The molecule has 1 N–H and O–H groups in total. The van der Waals surface area contributed by atoms with E-state index in [1.165, 1.54) is 11.9 Å². The standard InChI is InChI=1S/C25H29N7O3S/c1-15-13-27-19(14-26-15)16(2)17(3)36-31-25-30-29-24(18-9-7-12-22(28-18)35-6)32(25)23-20(33-4)10-8-11-21(23)34-5/h7-14,16-17H,1-6H3,(H,30,31). The fourth-order valence-corrected chi connectivity index (χ4v) is 4.33. The normalized spacial score (nSPS) is 12.6. The second kappa shape index (κ2) is 11.3. The van der Waals surface area contributed by atoms with Crippen molar-refractivity contribution < 1.29 is 14.2 Å². The van der Waals surface area contributed by atoms with Crippen molar-refractivity contribution in [3.05, 3.63) is 60.2 Å². The first-order chi connectivity index (χ1) is 17.5. The minimum atomic E-state index is 0.144. The molecule has 0 amide bonds. The zero-order chi connectivity index (χ0) is 25.7. The van der Waals surface area contributed by atoms with E-state index in [0.29, 0.717) is 40.5 Å². The summed E-state index contributed by atoms with van der Waals surface area (Å²) in [5.41, 5.74) is 3.06. The molecule has 11 heteroatoms. The number of benzene rings is 1. The van der Waals surface area contributed by atoms with Crippen molar-refractivity contribution in [3.63, 3.8) is 0 Å². The topological polar surface area (TPSA) is 109 Å². The molecule has 1 aromatic carbocycles. The van der Waals surface area contributed by atoms with E-state index >= 15 is 0 Å². The van der Waals surface area contributed by atoms with Crippen LogP contribution in [-0.2, 0) is 0 Å². The number of para-hydroxylation sites is 1. The lowest BCUT2D eigenvalue weighted by Crippen LogP contribution is -2.14. The Bertz CT molecular complexity index is 1290. The summed E-state index contributed by atoms with van der Waals surface area (Å²) in [5, 5.41) is 9.06. The molecule has 3 heterocycles. The predicted octanol–water partition coefficient (Wildman–Crippen LogP) is 4.71. The van der Waals surface area contributed by atoms with Crippen LogP contribution in [-0.4, -0.2) is 56.3 Å². The maximum Gasteiger partial charge on any atom is 0.239 e. The van der Waals surface area contributed by atoms with Gasteiger partial charge in [-0.25, -0.2) is 4.98 Å². The molecule has 4 rings (SSSR count). The van der Waals surface area contributed by atoms with Crippen molar-refractivity contribution in [1.29, 1.82) is 0 Å². The van der Waals surface area contributed by atoms with E-state index in [0.717, 1.165) is 11.4 Å². The molecule has 3 aromatic heterocycles. The molecule has 2 atom stereocenters. The summed E-state index contributed by atoms with van der Waals surface area (Å²) >= 11 is 1.52. The summed E-state index contributed by atoms with van der Waals surface area (Å²) in [7, 11) is 4.80. The van der Waals surface area contributed by atoms with Crippen LogP contribution in [0.4, 0.5) is 5.95 Å². The van der Waals surface area contributed by atoms with E-state index in [1.54, 1.807) is 33.6 Å². The van der Waals surface area contributed by atoms with Crippen LogP contribution in [0.15, 0.2) is 48.8 Å². The van der Waals surface area contributed by atoms with E-state index in [9.17, 15) is 0 Å². The van der Waals surface area contributed by atoms with Crippen molar-refractivity contribution in [3.8, 4) is 34.6 Å². The third-order valence-corrected chi connectivity index (χ3v) is 6.84. The molecule has 2 unspecified atom stereocenters. The number of hydrogen-bond donors (Lipinski definition) is 1. The average molecular weight is 508 g/mol. The van der Waals surface area contributed by atoms with E-state index in [4.69, 9.17) is 14.2 Å². The summed E-state index contributed by atoms with van der Waals surface area (Å²) in [4.78, 5) is 13.5. The van der Waals surface area contributed by atoms with Gasteiger partial charge in [-0.1, -0.05) is 26.0 Å². The summed E-state index contributed by atoms with van der Waals surface area (Å²) in [5.74, 6) is 2.82. The van der Waals surface area contributed by atoms with Gasteiger partial charge in [0.15, 0.2) is 5.82 Å². The minimum absolute atomic E-state index is 0.144. The molecule has 188 valence electrons. The van der Waals surface area contributed by atoms with Gasteiger partial charge in [0.05, 0.1) is 32.7 Å². The largest absolute Gasteiger partial charge is 0.494 e. The summed E-state index contributed by atoms with van der Waals surface area (Å²) in [6.07, 6.45) is 3.61. The molecule has 0 saturated heterocycles.